The Balaban J connectivity index is 1.29. The molecule has 162 valence electrons. The Morgan fingerprint density at radius 3 is 2.48 bits per heavy atom. The van der Waals surface area contributed by atoms with Crippen LogP contribution in [0.4, 0.5) is 0 Å². The third kappa shape index (κ3) is 5.99. The lowest BCUT2D eigenvalue weighted by Crippen LogP contribution is -2.47. The van der Waals surface area contributed by atoms with E-state index in [0.29, 0.717) is 4.91 Å². The maximum absolute atomic E-state index is 12.4. The number of ether oxygens (including phenoxy) is 1. The summed E-state index contributed by atoms with van der Waals surface area (Å²) in [5, 5.41) is 0.829. The standard InChI is InChI=1S/C25H29N3O2S/c1-2-3-17-30-22-11-9-20(10-12-22)18-23-24(29)26-25(31-23)28-15-13-27(14-16-28)19-21-7-5-4-6-8-21/h4-12,18H,2-3,13-17,19H2,1H3/b23-18-. The molecule has 0 bridgehead atoms. The van der Waals surface area contributed by atoms with Crippen molar-refractivity contribution in [2.75, 3.05) is 32.8 Å². The minimum Gasteiger partial charge on any atom is -0.494 e. The molecule has 0 atom stereocenters. The molecule has 0 aromatic heterocycles. The summed E-state index contributed by atoms with van der Waals surface area (Å²) < 4.78 is 5.71. The van der Waals surface area contributed by atoms with Gasteiger partial charge in [-0.1, -0.05) is 55.8 Å². The minimum atomic E-state index is -0.144. The molecule has 2 aromatic rings. The molecule has 5 nitrogen and oxygen atoms in total. The lowest BCUT2D eigenvalue weighted by molar-refractivity contribution is -0.113. The Labute approximate surface area is 188 Å². The highest BCUT2D eigenvalue weighted by molar-refractivity contribution is 8.18. The van der Waals surface area contributed by atoms with E-state index in [-0.39, 0.29) is 5.91 Å². The zero-order valence-electron chi connectivity index (χ0n) is 18.0. The average Bonchev–Trinajstić information content (AvgIpc) is 3.16. The molecule has 2 heterocycles. The van der Waals surface area contributed by atoms with Crippen molar-refractivity contribution in [1.82, 2.24) is 9.80 Å². The molecule has 0 unspecified atom stereocenters. The molecule has 0 spiro atoms. The molecular weight excluding hydrogens is 406 g/mol. The van der Waals surface area contributed by atoms with Gasteiger partial charge in [-0.05, 0) is 47.5 Å². The summed E-state index contributed by atoms with van der Waals surface area (Å²) in [6.45, 7) is 7.59. The van der Waals surface area contributed by atoms with Crippen molar-refractivity contribution in [2.45, 2.75) is 26.3 Å². The Hall–Kier alpha value is -2.57. The van der Waals surface area contributed by atoms with Gasteiger partial charge in [-0.25, -0.2) is 0 Å². The van der Waals surface area contributed by atoms with Gasteiger partial charge in [0.25, 0.3) is 5.91 Å². The van der Waals surface area contributed by atoms with Crippen LogP contribution in [0.25, 0.3) is 6.08 Å². The van der Waals surface area contributed by atoms with Crippen LogP contribution in [-0.4, -0.2) is 53.7 Å². The van der Waals surface area contributed by atoms with Crippen LogP contribution < -0.4 is 4.74 Å². The van der Waals surface area contributed by atoms with Crippen LogP contribution in [0.1, 0.15) is 30.9 Å². The molecule has 2 aliphatic heterocycles. The first-order chi connectivity index (χ1) is 15.2. The summed E-state index contributed by atoms with van der Waals surface area (Å²) in [6, 6.07) is 18.5. The van der Waals surface area contributed by atoms with Gasteiger partial charge in [-0.3, -0.25) is 9.69 Å². The maximum atomic E-state index is 12.4. The van der Waals surface area contributed by atoms with Crippen molar-refractivity contribution in [3.05, 3.63) is 70.6 Å². The number of amides is 1. The van der Waals surface area contributed by atoms with Gasteiger partial charge in [-0.2, -0.15) is 4.99 Å². The Morgan fingerprint density at radius 1 is 1.03 bits per heavy atom. The van der Waals surface area contributed by atoms with E-state index < -0.39 is 0 Å². The third-order valence-electron chi connectivity index (χ3n) is 5.45. The highest BCUT2D eigenvalue weighted by Crippen LogP contribution is 2.31. The lowest BCUT2D eigenvalue weighted by atomic mass is 10.2. The molecule has 1 fully saturated rings. The second-order valence-corrected chi connectivity index (χ2v) is 8.84. The highest BCUT2D eigenvalue weighted by atomic mass is 32.2. The normalized spacial score (nSPS) is 18.5. The topological polar surface area (TPSA) is 45.1 Å². The number of piperazine rings is 1. The Bertz CT molecular complexity index is 933. The first-order valence-electron chi connectivity index (χ1n) is 11.0. The molecule has 0 radical (unpaired) electrons. The third-order valence-corrected chi connectivity index (χ3v) is 6.49. The van der Waals surface area contributed by atoms with Crippen LogP contribution in [0, 0.1) is 0 Å². The van der Waals surface area contributed by atoms with Crippen molar-refractivity contribution < 1.29 is 9.53 Å². The van der Waals surface area contributed by atoms with E-state index >= 15 is 0 Å². The van der Waals surface area contributed by atoms with E-state index in [9.17, 15) is 4.79 Å². The van der Waals surface area contributed by atoms with Crippen molar-refractivity contribution in [3.63, 3.8) is 0 Å². The Kier molecular flexibility index (Phi) is 7.43. The number of hydrogen-bond donors (Lipinski definition) is 0. The molecular formula is C25H29N3O2S. The van der Waals surface area contributed by atoms with E-state index in [4.69, 9.17) is 4.74 Å². The zero-order valence-corrected chi connectivity index (χ0v) is 18.8. The first-order valence-corrected chi connectivity index (χ1v) is 11.8. The van der Waals surface area contributed by atoms with E-state index in [2.05, 4.69) is 52.0 Å². The number of carbonyl (C=O) groups excluding carboxylic acids is 1. The van der Waals surface area contributed by atoms with Crippen molar-refractivity contribution >= 4 is 28.9 Å². The van der Waals surface area contributed by atoms with E-state index in [1.54, 1.807) is 0 Å². The summed E-state index contributed by atoms with van der Waals surface area (Å²) >= 11 is 1.48. The van der Waals surface area contributed by atoms with Gasteiger partial charge in [0.1, 0.15) is 5.75 Å². The molecule has 4 rings (SSSR count). The fourth-order valence-corrected chi connectivity index (χ4v) is 4.58. The van der Waals surface area contributed by atoms with Gasteiger partial charge >= 0.3 is 0 Å². The second kappa shape index (κ2) is 10.6. The summed E-state index contributed by atoms with van der Waals surface area (Å²) in [4.78, 5) is 22.1. The summed E-state index contributed by atoms with van der Waals surface area (Å²) in [6.07, 6.45) is 4.09. The maximum Gasteiger partial charge on any atom is 0.286 e. The number of amidine groups is 1. The van der Waals surface area contributed by atoms with Gasteiger partial charge in [0.2, 0.25) is 0 Å². The molecule has 2 aliphatic rings. The lowest BCUT2D eigenvalue weighted by Gasteiger charge is -2.35. The van der Waals surface area contributed by atoms with Gasteiger partial charge < -0.3 is 9.64 Å². The largest absolute Gasteiger partial charge is 0.494 e. The molecule has 6 heteroatoms. The van der Waals surface area contributed by atoms with E-state index in [1.807, 2.05) is 30.3 Å². The second-order valence-electron chi connectivity index (χ2n) is 7.83. The number of nitrogens with zero attached hydrogens (tertiary/aromatic N) is 3. The van der Waals surface area contributed by atoms with Crippen LogP contribution in [0.2, 0.25) is 0 Å². The predicted octanol–water partition coefficient (Wildman–Crippen LogP) is 4.65. The van der Waals surface area contributed by atoms with Crippen LogP contribution >= 0.6 is 11.8 Å². The average molecular weight is 436 g/mol. The summed E-state index contributed by atoms with van der Waals surface area (Å²) in [7, 11) is 0. The van der Waals surface area contributed by atoms with Gasteiger partial charge in [0.05, 0.1) is 11.5 Å². The van der Waals surface area contributed by atoms with Crippen molar-refractivity contribution in [2.24, 2.45) is 4.99 Å². The number of thioether (sulfide) groups is 1. The van der Waals surface area contributed by atoms with Gasteiger partial charge in [0, 0.05) is 32.7 Å². The van der Waals surface area contributed by atoms with Crippen molar-refractivity contribution in [1.29, 1.82) is 0 Å². The molecule has 0 aliphatic carbocycles. The van der Waals surface area contributed by atoms with Crippen LogP contribution in [0.5, 0.6) is 5.75 Å². The van der Waals surface area contributed by atoms with Gasteiger partial charge in [0.15, 0.2) is 5.17 Å². The Morgan fingerprint density at radius 2 is 1.77 bits per heavy atom. The molecule has 1 saturated heterocycles. The number of benzene rings is 2. The monoisotopic (exact) mass is 435 g/mol. The summed E-state index contributed by atoms with van der Waals surface area (Å²) in [5.41, 5.74) is 2.33. The summed E-state index contributed by atoms with van der Waals surface area (Å²) in [5.74, 6) is 0.723. The number of unbranched alkanes of at least 4 members (excludes halogenated alkanes) is 1. The van der Waals surface area contributed by atoms with Crippen LogP contribution in [0.3, 0.4) is 0 Å². The number of rotatable bonds is 7. The molecule has 31 heavy (non-hydrogen) atoms. The molecule has 0 saturated carbocycles. The number of aliphatic imine (C=N–C) groups is 1. The zero-order chi connectivity index (χ0) is 21.5. The number of carbonyl (C=O) groups is 1. The molecule has 2 aromatic carbocycles. The SMILES string of the molecule is CCCCOc1ccc(/C=C2\SC(N3CCN(Cc4ccccc4)CC3)=NC2=O)cc1. The fraction of sp³-hybridized carbons (Fsp3) is 0.360. The van der Waals surface area contributed by atoms with Crippen molar-refractivity contribution in [3.8, 4) is 5.75 Å². The molecule has 0 N–H and O–H groups in total. The van der Waals surface area contributed by atoms with Crippen LogP contribution in [-0.2, 0) is 11.3 Å². The first kappa shape index (κ1) is 21.7. The quantitative estimate of drug-likeness (QED) is 0.468. The minimum absolute atomic E-state index is 0.144. The van der Waals surface area contributed by atoms with E-state index in [1.165, 1.54) is 17.3 Å². The number of hydrogen-bond acceptors (Lipinski definition) is 5. The molecule has 1 amide bonds. The smallest absolute Gasteiger partial charge is 0.286 e. The predicted molar refractivity (Wildman–Crippen MR) is 128 cm³/mol. The van der Waals surface area contributed by atoms with E-state index in [0.717, 1.165) is 68.7 Å². The van der Waals surface area contributed by atoms with Gasteiger partial charge in [-0.15, -0.1) is 0 Å². The fourth-order valence-electron chi connectivity index (χ4n) is 3.62. The highest BCUT2D eigenvalue weighted by Gasteiger charge is 2.28. The van der Waals surface area contributed by atoms with Crippen LogP contribution in [0.15, 0.2) is 64.5 Å².